The predicted octanol–water partition coefficient (Wildman–Crippen LogP) is -0.416. The number of hydrogen-bond donors (Lipinski definition) is 3. The van der Waals surface area contributed by atoms with Gasteiger partial charge in [0.25, 0.3) is 0 Å². The van der Waals surface area contributed by atoms with Gasteiger partial charge in [0.15, 0.2) is 0 Å². The van der Waals surface area contributed by atoms with Crippen LogP contribution in [0, 0.1) is 0 Å². The Kier molecular flexibility index (Phi) is 5.42. The van der Waals surface area contributed by atoms with Gasteiger partial charge in [0.2, 0.25) is 5.96 Å². The molecule has 6 heteroatoms. The zero-order chi connectivity index (χ0) is 13.7. The molecule has 0 aromatic heterocycles. The quantitative estimate of drug-likeness (QED) is 0.281. The Morgan fingerprint density at radius 2 is 2.00 bits per heavy atom. The summed E-state index contributed by atoms with van der Waals surface area (Å²) in [6, 6.07) is 1.02. The summed E-state index contributed by atoms with van der Waals surface area (Å²) in [5.74, 6) is 6.31. The molecule has 1 heterocycles. The number of piperazine rings is 1. The molecular formula is C13H28N6. The first-order valence-electron chi connectivity index (χ1n) is 7.35. The molecule has 0 radical (unpaired) electrons. The topological polar surface area (TPSA) is 68.9 Å². The zero-order valence-electron chi connectivity index (χ0n) is 12.2. The van der Waals surface area contributed by atoms with Crippen LogP contribution in [0.1, 0.15) is 25.7 Å². The molecule has 19 heavy (non-hydrogen) atoms. The second-order valence-corrected chi connectivity index (χ2v) is 5.86. The lowest BCUT2D eigenvalue weighted by atomic mass is 10.2. The molecule has 2 rings (SSSR count). The minimum Gasteiger partial charge on any atom is -0.353 e. The summed E-state index contributed by atoms with van der Waals surface area (Å²) < 4.78 is 0. The van der Waals surface area contributed by atoms with E-state index in [9.17, 15) is 0 Å². The van der Waals surface area contributed by atoms with Gasteiger partial charge in [0.05, 0.1) is 6.54 Å². The van der Waals surface area contributed by atoms with E-state index in [0.29, 0.717) is 12.1 Å². The molecule has 0 bridgehead atoms. The minimum atomic E-state index is 0.479. The van der Waals surface area contributed by atoms with Gasteiger partial charge in [0.1, 0.15) is 0 Å². The lowest BCUT2D eigenvalue weighted by Crippen LogP contribution is -2.52. The van der Waals surface area contributed by atoms with E-state index in [4.69, 9.17) is 5.84 Å². The van der Waals surface area contributed by atoms with Crippen LogP contribution in [0.3, 0.4) is 0 Å². The van der Waals surface area contributed by atoms with E-state index < -0.39 is 0 Å². The van der Waals surface area contributed by atoms with Crippen molar-refractivity contribution in [2.45, 2.75) is 37.8 Å². The molecule has 1 atom stereocenters. The van der Waals surface area contributed by atoms with Gasteiger partial charge in [0, 0.05) is 31.7 Å². The van der Waals surface area contributed by atoms with Gasteiger partial charge in [-0.2, -0.15) is 0 Å². The van der Waals surface area contributed by atoms with E-state index in [-0.39, 0.29) is 0 Å². The fraction of sp³-hybridized carbons (Fsp3) is 0.923. The molecule has 1 aliphatic heterocycles. The molecule has 4 N–H and O–H groups in total. The van der Waals surface area contributed by atoms with Crippen molar-refractivity contribution < 1.29 is 0 Å². The lowest BCUT2D eigenvalue weighted by Gasteiger charge is -2.36. The van der Waals surface area contributed by atoms with Gasteiger partial charge in [-0.25, -0.2) is 5.84 Å². The van der Waals surface area contributed by atoms with E-state index in [0.717, 1.165) is 32.1 Å². The van der Waals surface area contributed by atoms with Crippen LogP contribution in [0.15, 0.2) is 4.99 Å². The number of hydrogen-bond acceptors (Lipinski definition) is 4. The van der Waals surface area contributed by atoms with E-state index in [1.807, 2.05) is 0 Å². The summed E-state index contributed by atoms with van der Waals surface area (Å²) in [4.78, 5) is 9.36. The number of guanidine groups is 1. The summed E-state index contributed by atoms with van der Waals surface area (Å²) in [7, 11) is 4.34. The number of nitrogens with two attached hydrogens (primary N) is 1. The Hall–Kier alpha value is -0.850. The fourth-order valence-electron chi connectivity index (χ4n) is 2.89. The van der Waals surface area contributed by atoms with Crippen LogP contribution in [-0.4, -0.2) is 68.1 Å². The first-order chi connectivity index (χ1) is 9.19. The molecule has 1 saturated carbocycles. The van der Waals surface area contributed by atoms with Crippen molar-refractivity contribution in [2.24, 2.45) is 10.8 Å². The molecule has 0 aromatic carbocycles. The van der Waals surface area contributed by atoms with Crippen molar-refractivity contribution in [1.82, 2.24) is 20.5 Å². The van der Waals surface area contributed by atoms with E-state index >= 15 is 0 Å². The Morgan fingerprint density at radius 1 is 1.26 bits per heavy atom. The van der Waals surface area contributed by atoms with Crippen LogP contribution in [0.5, 0.6) is 0 Å². The average molecular weight is 268 g/mol. The van der Waals surface area contributed by atoms with Crippen LogP contribution < -0.4 is 16.6 Å². The highest BCUT2D eigenvalue weighted by molar-refractivity contribution is 5.79. The summed E-state index contributed by atoms with van der Waals surface area (Å²) in [6.07, 6.45) is 5.08. The van der Waals surface area contributed by atoms with Gasteiger partial charge < -0.3 is 10.2 Å². The number of aliphatic imine (C=N–C) groups is 1. The Labute approximate surface area is 116 Å². The van der Waals surface area contributed by atoms with Crippen molar-refractivity contribution in [1.29, 1.82) is 0 Å². The summed E-state index contributed by atoms with van der Waals surface area (Å²) in [6.45, 7) is 4.11. The largest absolute Gasteiger partial charge is 0.353 e. The monoisotopic (exact) mass is 268 g/mol. The zero-order valence-corrected chi connectivity index (χ0v) is 12.2. The maximum Gasteiger partial charge on any atom is 0.206 e. The van der Waals surface area contributed by atoms with E-state index in [1.54, 1.807) is 0 Å². The Morgan fingerprint density at radius 3 is 2.68 bits per heavy atom. The van der Waals surface area contributed by atoms with Crippen LogP contribution in [0.25, 0.3) is 0 Å². The van der Waals surface area contributed by atoms with Crippen LogP contribution in [0.2, 0.25) is 0 Å². The van der Waals surface area contributed by atoms with Crippen molar-refractivity contribution in [3.05, 3.63) is 0 Å². The number of rotatable bonds is 3. The summed E-state index contributed by atoms with van der Waals surface area (Å²) >= 11 is 0. The smallest absolute Gasteiger partial charge is 0.206 e. The molecule has 1 saturated heterocycles. The number of likely N-dealkylation sites (N-methyl/N-ethyl adjacent to an activating group) is 2. The molecule has 1 aliphatic carbocycles. The Balaban J connectivity index is 1.83. The third kappa shape index (κ3) is 4.33. The Bertz CT molecular complexity index is 300. The molecule has 0 spiro atoms. The highest BCUT2D eigenvalue weighted by Crippen LogP contribution is 2.17. The van der Waals surface area contributed by atoms with Crippen molar-refractivity contribution in [3.63, 3.8) is 0 Å². The van der Waals surface area contributed by atoms with Gasteiger partial charge in [-0.05, 0) is 26.9 Å². The molecule has 6 nitrogen and oxygen atoms in total. The van der Waals surface area contributed by atoms with Gasteiger partial charge in [-0.3, -0.25) is 15.3 Å². The SMILES string of the molecule is CN1CCN(C)C(CN=C(NN)NC2CCCC2)C1. The van der Waals surface area contributed by atoms with Crippen LogP contribution in [0.4, 0.5) is 0 Å². The maximum atomic E-state index is 5.56. The van der Waals surface area contributed by atoms with Crippen molar-refractivity contribution >= 4 is 5.96 Å². The van der Waals surface area contributed by atoms with E-state index in [1.165, 1.54) is 25.7 Å². The van der Waals surface area contributed by atoms with Crippen LogP contribution in [-0.2, 0) is 0 Å². The predicted molar refractivity (Wildman–Crippen MR) is 78.9 cm³/mol. The summed E-state index contributed by atoms with van der Waals surface area (Å²) in [5, 5.41) is 3.41. The normalized spacial score (nSPS) is 27.7. The second kappa shape index (κ2) is 7.07. The first-order valence-corrected chi connectivity index (χ1v) is 7.35. The molecular weight excluding hydrogens is 240 g/mol. The number of nitrogens with one attached hydrogen (secondary N) is 2. The van der Waals surface area contributed by atoms with E-state index in [2.05, 4.69) is 39.6 Å². The molecule has 2 aliphatic rings. The molecule has 0 aromatic rings. The average Bonchev–Trinajstić information content (AvgIpc) is 2.91. The van der Waals surface area contributed by atoms with Crippen molar-refractivity contribution in [3.8, 4) is 0 Å². The first kappa shape index (κ1) is 14.6. The molecule has 2 fully saturated rings. The standard InChI is InChI=1S/C13H28N6/c1-18-7-8-19(2)12(10-18)9-15-13(17-14)16-11-5-3-4-6-11/h11-12H,3-10,14H2,1-2H3,(H2,15,16,17). The van der Waals surface area contributed by atoms with Gasteiger partial charge in [-0.15, -0.1) is 0 Å². The van der Waals surface area contributed by atoms with Crippen LogP contribution >= 0.6 is 0 Å². The second-order valence-electron chi connectivity index (χ2n) is 5.86. The van der Waals surface area contributed by atoms with Crippen molar-refractivity contribution in [2.75, 3.05) is 40.3 Å². The lowest BCUT2D eigenvalue weighted by molar-refractivity contribution is 0.119. The fourth-order valence-corrected chi connectivity index (χ4v) is 2.89. The maximum absolute atomic E-state index is 5.56. The number of nitrogens with zero attached hydrogens (tertiary/aromatic N) is 3. The number of hydrazine groups is 1. The minimum absolute atomic E-state index is 0.479. The highest BCUT2D eigenvalue weighted by atomic mass is 15.3. The third-order valence-corrected chi connectivity index (χ3v) is 4.27. The highest BCUT2D eigenvalue weighted by Gasteiger charge is 2.22. The van der Waals surface area contributed by atoms with Gasteiger partial charge in [-0.1, -0.05) is 12.8 Å². The molecule has 110 valence electrons. The third-order valence-electron chi connectivity index (χ3n) is 4.27. The molecule has 1 unspecified atom stereocenters. The molecule has 0 amide bonds. The summed E-state index contributed by atoms with van der Waals surface area (Å²) in [5.41, 5.74) is 2.70. The van der Waals surface area contributed by atoms with Gasteiger partial charge >= 0.3 is 0 Å².